The lowest BCUT2D eigenvalue weighted by molar-refractivity contribution is 0.581. The summed E-state index contributed by atoms with van der Waals surface area (Å²) in [6.07, 6.45) is 3.33. The highest BCUT2D eigenvalue weighted by Gasteiger charge is 2.15. The lowest BCUT2D eigenvalue weighted by Gasteiger charge is -2.03. The minimum Gasteiger partial charge on any atom is -0.363 e. The molecule has 0 fully saturated rings. The van der Waals surface area contributed by atoms with E-state index in [9.17, 15) is 8.42 Å². The molecule has 0 amide bonds. The van der Waals surface area contributed by atoms with Crippen LogP contribution in [-0.2, 0) is 23.0 Å². The van der Waals surface area contributed by atoms with Crippen LogP contribution in [-0.4, -0.2) is 42.2 Å². The zero-order chi connectivity index (χ0) is 13.7. The van der Waals surface area contributed by atoms with E-state index in [0.29, 0.717) is 18.8 Å². The molecule has 4 N–H and O–H groups in total. The second-order valence-corrected chi connectivity index (χ2v) is 5.74. The largest absolute Gasteiger partial charge is 0.363 e. The van der Waals surface area contributed by atoms with Crippen molar-refractivity contribution < 1.29 is 8.42 Å². The van der Waals surface area contributed by atoms with Crippen molar-refractivity contribution in [2.24, 2.45) is 0 Å². The summed E-state index contributed by atoms with van der Waals surface area (Å²) < 4.78 is 26.5. The standard InChI is InChI=1S/C10H16N6O2S/c1-11-5-8-4-9(6-12-8)19(17,18)15-3-2-10-13-7-14-16-10/h4,6-7,11-12,15H,2-3,5H2,1H3,(H,13,14,16). The van der Waals surface area contributed by atoms with Crippen LogP contribution in [0.1, 0.15) is 11.5 Å². The Morgan fingerprint density at radius 3 is 2.95 bits per heavy atom. The summed E-state index contributed by atoms with van der Waals surface area (Å²) >= 11 is 0. The smallest absolute Gasteiger partial charge is 0.242 e. The van der Waals surface area contributed by atoms with Crippen molar-refractivity contribution in [3.63, 3.8) is 0 Å². The molecule has 0 aliphatic carbocycles. The van der Waals surface area contributed by atoms with E-state index in [1.165, 1.54) is 12.5 Å². The van der Waals surface area contributed by atoms with E-state index in [1.54, 1.807) is 13.1 Å². The Morgan fingerprint density at radius 1 is 1.42 bits per heavy atom. The number of rotatable bonds is 7. The lowest BCUT2D eigenvalue weighted by atomic mass is 10.4. The third-order valence-corrected chi connectivity index (χ3v) is 3.95. The summed E-state index contributed by atoms with van der Waals surface area (Å²) in [6.45, 7) is 0.859. The maximum Gasteiger partial charge on any atom is 0.242 e. The average Bonchev–Trinajstić information content (AvgIpc) is 3.00. The minimum absolute atomic E-state index is 0.232. The van der Waals surface area contributed by atoms with Gasteiger partial charge in [-0.15, -0.1) is 0 Å². The fraction of sp³-hybridized carbons (Fsp3) is 0.400. The van der Waals surface area contributed by atoms with E-state index >= 15 is 0 Å². The van der Waals surface area contributed by atoms with E-state index in [2.05, 4.69) is 30.2 Å². The van der Waals surface area contributed by atoms with Gasteiger partial charge in [-0.2, -0.15) is 5.10 Å². The van der Waals surface area contributed by atoms with Crippen LogP contribution in [0.3, 0.4) is 0 Å². The predicted octanol–water partition coefficient (Wildman–Crippen LogP) is -0.627. The molecule has 19 heavy (non-hydrogen) atoms. The maximum atomic E-state index is 12.0. The molecule has 0 radical (unpaired) electrons. The first-order chi connectivity index (χ1) is 9.12. The molecule has 0 aromatic carbocycles. The van der Waals surface area contributed by atoms with Crippen molar-refractivity contribution in [3.05, 3.63) is 30.1 Å². The van der Waals surface area contributed by atoms with Crippen LogP contribution in [0.25, 0.3) is 0 Å². The molecule has 0 saturated carbocycles. The fourth-order valence-electron chi connectivity index (χ4n) is 1.60. The second-order valence-electron chi connectivity index (χ2n) is 3.97. The number of sulfonamides is 1. The molecule has 2 aromatic heterocycles. The molecule has 9 heteroatoms. The predicted molar refractivity (Wildman–Crippen MR) is 68.8 cm³/mol. The summed E-state index contributed by atoms with van der Waals surface area (Å²) in [4.78, 5) is 7.06. The van der Waals surface area contributed by atoms with Crippen LogP contribution < -0.4 is 10.0 Å². The van der Waals surface area contributed by atoms with Crippen LogP contribution >= 0.6 is 0 Å². The Bertz CT molecular complexity index is 604. The molecule has 8 nitrogen and oxygen atoms in total. The maximum absolute atomic E-state index is 12.0. The molecule has 2 heterocycles. The van der Waals surface area contributed by atoms with Gasteiger partial charge in [0.2, 0.25) is 10.0 Å². The SMILES string of the molecule is CNCc1cc(S(=O)(=O)NCCc2ncn[nH]2)c[nH]1. The van der Waals surface area contributed by atoms with Crippen molar-refractivity contribution in [2.45, 2.75) is 17.9 Å². The van der Waals surface area contributed by atoms with Crippen LogP contribution in [0.5, 0.6) is 0 Å². The zero-order valence-electron chi connectivity index (χ0n) is 10.5. The quantitative estimate of drug-likeness (QED) is 0.540. The Balaban J connectivity index is 1.93. The highest BCUT2D eigenvalue weighted by molar-refractivity contribution is 7.89. The molecule has 2 rings (SSSR count). The summed E-state index contributed by atoms with van der Waals surface area (Å²) in [7, 11) is -1.69. The number of nitrogens with zero attached hydrogens (tertiary/aromatic N) is 2. The Labute approximate surface area is 111 Å². The van der Waals surface area contributed by atoms with Gasteiger partial charge in [0.15, 0.2) is 0 Å². The first-order valence-electron chi connectivity index (χ1n) is 5.77. The van der Waals surface area contributed by atoms with Gasteiger partial charge in [-0.1, -0.05) is 0 Å². The molecule has 0 saturated heterocycles. The van der Waals surface area contributed by atoms with Gasteiger partial charge in [-0.25, -0.2) is 18.1 Å². The Kier molecular flexibility index (Phi) is 4.30. The Morgan fingerprint density at radius 2 is 2.26 bits per heavy atom. The molecular formula is C10H16N6O2S. The third-order valence-electron chi connectivity index (χ3n) is 2.51. The van der Waals surface area contributed by atoms with Crippen molar-refractivity contribution in [2.75, 3.05) is 13.6 Å². The topological polar surface area (TPSA) is 116 Å². The first-order valence-corrected chi connectivity index (χ1v) is 7.26. The van der Waals surface area contributed by atoms with Crippen LogP contribution in [0, 0.1) is 0 Å². The highest BCUT2D eigenvalue weighted by Crippen LogP contribution is 2.10. The Hall–Kier alpha value is -1.71. The molecule has 0 bridgehead atoms. The van der Waals surface area contributed by atoms with Gasteiger partial charge >= 0.3 is 0 Å². The van der Waals surface area contributed by atoms with E-state index < -0.39 is 10.0 Å². The van der Waals surface area contributed by atoms with Gasteiger partial charge in [0.25, 0.3) is 0 Å². The normalized spacial score (nSPS) is 11.8. The summed E-state index contributed by atoms with van der Waals surface area (Å²) in [6, 6.07) is 1.60. The van der Waals surface area contributed by atoms with Gasteiger partial charge < -0.3 is 10.3 Å². The van der Waals surface area contributed by atoms with Crippen LogP contribution in [0.2, 0.25) is 0 Å². The van der Waals surface area contributed by atoms with Gasteiger partial charge in [0.05, 0.1) is 4.90 Å². The van der Waals surface area contributed by atoms with Crippen LogP contribution in [0.4, 0.5) is 0 Å². The molecule has 0 unspecified atom stereocenters. The third kappa shape index (κ3) is 3.63. The lowest BCUT2D eigenvalue weighted by Crippen LogP contribution is -2.26. The number of H-pyrrole nitrogens is 2. The molecule has 0 spiro atoms. The second kappa shape index (κ2) is 5.95. The van der Waals surface area contributed by atoms with E-state index in [-0.39, 0.29) is 11.4 Å². The fourth-order valence-corrected chi connectivity index (χ4v) is 2.65. The van der Waals surface area contributed by atoms with Crippen molar-refractivity contribution >= 4 is 10.0 Å². The van der Waals surface area contributed by atoms with E-state index in [1.807, 2.05) is 0 Å². The molecule has 2 aromatic rings. The molecule has 0 aliphatic rings. The number of aromatic nitrogens is 4. The average molecular weight is 284 g/mol. The molecular weight excluding hydrogens is 268 g/mol. The minimum atomic E-state index is -3.48. The monoisotopic (exact) mass is 284 g/mol. The van der Waals surface area contributed by atoms with Gasteiger partial charge in [0.1, 0.15) is 12.2 Å². The summed E-state index contributed by atoms with van der Waals surface area (Å²) in [5.74, 6) is 0.646. The number of hydrogen-bond donors (Lipinski definition) is 4. The number of aromatic amines is 2. The van der Waals surface area contributed by atoms with Gasteiger partial charge in [0, 0.05) is 31.4 Å². The summed E-state index contributed by atoms with van der Waals surface area (Å²) in [5, 5.41) is 9.31. The molecule has 0 aliphatic heterocycles. The van der Waals surface area contributed by atoms with Crippen molar-refractivity contribution in [3.8, 4) is 0 Å². The van der Waals surface area contributed by atoms with Crippen molar-refractivity contribution in [1.82, 2.24) is 30.2 Å². The molecule has 104 valence electrons. The summed E-state index contributed by atoms with van der Waals surface area (Å²) in [5.41, 5.74) is 0.818. The van der Waals surface area contributed by atoms with Gasteiger partial charge in [-0.05, 0) is 13.1 Å². The number of hydrogen-bond acceptors (Lipinski definition) is 5. The highest BCUT2D eigenvalue weighted by atomic mass is 32.2. The van der Waals surface area contributed by atoms with Crippen LogP contribution in [0.15, 0.2) is 23.5 Å². The molecule has 0 atom stereocenters. The zero-order valence-corrected chi connectivity index (χ0v) is 11.3. The number of nitrogens with one attached hydrogen (secondary N) is 4. The van der Waals surface area contributed by atoms with E-state index in [4.69, 9.17) is 0 Å². The van der Waals surface area contributed by atoms with Crippen molar-refractivity contribution in [1.29, 1.82) is 0 Å². The van der Waals surface area contributed by atoms with E-state index in [0.717, 1.165) is 5.69 Å². The van der Waals surface area contributed by atoms with Gasteiger partial charge in [-0.3, -0.25) is 5.10 Å². The first kappa shape index (κ1) is 13.7.